The highest BCUT2D eigenvalue weighted by Gasteiger charge is 2.48. The van der Waals surface area contributed by atoms with Gasteiger partial charge in [-0.15, -0.1) is 0 Å². The van der Waals surface area contributed by atoms with E-state index in [0.717, 1.165) is 12.3 Å². The average Bonchev–Trinajstić information content (AvgIpc) is 3.97. The van der Waals surface area contributed by atoms with E-state index < -0.39 is 24.5 Å². The van der Waals surface area contributed by atoms with Crippen LogP contribution in [0.1, 0.15) is 73.7 Å². The number of carboxylic acid groups (broad SMARTS) is 1. The number of benzene rings is 2. The van der Waals surface area contributed by atoms with Crippen molar-refractivity contribution in [2.45, 2.75) is 75.5 Å². The van der Waals surface area contributed by atoms with E-state index in [1.54, 1.807) is 10.9 Å². The lowest BCUT2D eigenvalue weighted by Gasteiger charge is -2.24. The maximum absolute atomic E-state index is 11.2. The lowest BCUT2D eigenvalue weighted by molar-refractivity contribution is -0.122. The van der Waals surface area contributed by atoms with Crippen LogP contribution in [0.25, 0.3) is 11.2 Å². The molecule has 14 nitrogen and oxygen atoms in total. The summed E-state index contributed by atoms with van der Waals surface area (Å²) in [7, 11) is 0. The number of aromatic nitrogens is 6. The van der Waals surface area contributed by atoms with Gasteiger partial charge in [0, 0.05) is 24.9 Å². The Morgan fingerprint density at radius 1 is 0.980 bits per heavy atom. The number of fused-ring (bicyclic) bond motifs is 3. The van der Waals surface area contributed by atoms with Crippen molar-refractivity contribution in [1.29, 1.82) is 0 Å². The van der Waals surface area contributed by atoms with Crippen molar-refractivity contribution >= 4 is 29.4 Å². The van der Waals surface area contributed by atoms with E-state index in [1.165, 1.54) is 30.4 Å². The van der Waals surface area contributed by atoms with Gasteiger partial charge in [0.2, 0.25) is 5.95 Å². The molecule has 2 aromatic carbocycles. The van der Waals surface area contributed by atoms with Crippen LogP contribution in [0.4, 0.5) is 11.8 Å². The minimum atomic E-state index is -1.28. The standard InChI is InChI=1S/C34H38N8O4.CH2O2/c1-2-25-38-32(46-41-25)29-27(43)28(44)33(45-29)42-18-36-26-30(39-34(40-31(26)42)37-24-16-19-13-14-22(24)15-19)35-17-23(20-9-5-3-6-10-20)21-11-7-4-8-12-21;2-1-3/h3-12,18-19,22-24,27-29,33,43-44H,2,13-17H2,1H3,(H2,35,37,39,40);1H,(H,2,3)/t19?,22?,24?,27-,28+,29-,33+;/m0./s1. The minimum absolute atomic E-state index is 0.0646. The minimum Gasteiger partial charge on any atom is -0.483 e. The first-order chi connectivity index (χ1) is 24.0. The Balaban J connectivity index is 0.00000122. The molecule has 5 aromatic rings. The molecule has 3 aromatic heterocycles. The molecule has 0 radical (unpaired) electrons. The average molecular weight is 669 g/mol. The van der Waals surface area contributed by atoms with Crippen molar-refractivity contribution < 1.29 is 29.4 Å². The molecule has 7 atom stereocenters. The van der Waals surface area contributed by atoms with Crippen LogP contribution in [0.2, 0.25) is 0 Å². The Hall–Kier alpha value is -4.92. The molecule has 2 saturated carbocycles. The largest absolute Gasteiger partial charge is 0.483 e. The van der Waals surface area contributed by atoms with Gasteiger partial charge in [-0.2, -0.15) is 15.0 Å². The van der Waals surface area contributed by atoms with Crippen LogP contribution in [0.15, 0.2) is 71.5 Å². The van der Waals surface area contributed by atoms with Gasteiger partial charge in [0.05, 0.1) is 6.33 Å². The second-order valence-corrected chi connectivity index (χ2v) is 12.8. The van der Waals surface area contributed by atoms with E-state index in [-0.39, 0.29) is 18.3 Å². The van der Waals surface area contributed by atoms with Gasteiger partial charge < -0.3 is 35.2 Å². The number of rotatable bonds is 10. The van der Waals surface area contributed by atoms with Crippen LogP contribution in [-0.4, -0.2) is 76.2 Å². The molecule has 14 heteroatoms. The smallest absolute Gasteiger partial charge is 0.290 e. The molecule has 256 valence electrons. The molecule has 1 saturated heterocycles. The predicted octanol–water partition coefficient (Wildman–Crippen LogP) is 4.31. The Morgan fingerprint density at radius 3 is 2.31 bits per heavy atom. The third kappa shape index (κ3) is 6.58. The molecular formula is C35H40N8O6. The van der Waals surface area contributed by atoms with Crippen molar-refractivity contribution in [3.63, 3.8) is 0 Å². The predicted molar refractivity (Wildman–Crippen MR) is 179 cm³/mol. The fourth-order valence-electron chi connectivity index (χ4n) is 7.50. The van der Waals surface area contributed by atoms with Crippen molar-refractivity contribution in [1.82, 2.24) is 29.7 Å². The van der Waals surface area contributed by atoms with E-state index in [2.05, 4.69) is 69.3 Å². The molecular weight excluding hydrogens is 628 g/mol. The number of nitrogens with one attached hydrogen (secondary N) is 2. The number of hydrogen-bond acceptors (Lipinski definition) is 12. The zero-order chi connectivity index (χ0) is 33.9. The summed E-state index contributed by atoms with van der Waals surface area (Å²) in [6, 6.07) is 21.1. The van der Waals surface area contributed by atoms with Crippen molar-refractivity contribution in [2.75, 3.05) is 17.2 Å². The zero-order valence-corrected chi connectivity index (χ0v) is 27.0. The Labute approximate surface area is 282 Å². The number of aliphatic hydroxyl groups excluding tert-OH is 2. The lowest BCUT2D eigenvalue weighted by Crippen LogP contribution is -2.29. The number of nitrogens with zero attached hydrogens (tertiary/aromatic N) is 6. The molecule has 8 rings (SSSR count). The van der Waals surface area contributed by atoms with E-state index in [1.807, 2.05) is 19.1 Å². The monoisotopic (exact) mass is 668 g/mol. The van der Waals surface area contributed by atoms with Crippen LogP contribution in [-0.2, 0) is 16.0 Å². The van der Waals surface area contributed by atoms with Crippen LogP contribution in [0.3, 0.4) is 0 Å². The maximum Gasteiger partial charge on any atom is 0.290 e. The second-order valence-electron chi connectivity index (χ2n) is 12.8. The Morgan fingerprint density at radius 2 is 1.69 bits per heavy atom. The van der Waals surface area contributed by atoms with Crippen LogP contribution in [0, 0.1) is 11.8 Å². The summed E-state index contributed by atoms with van der Waals surface area (Å²) >= 11 is 0. The number of anilines is 2. The van der Waals surface area contributed by atoms with Gasteiger partial charge in [0.1, 0.15) is 12.2 Å². The molecule has 49 heavy (non-hydrogen) atoms. The lowest BCUT2D eigenvalue weighted by atomic mass is 9.91. The van der Waals surface area contributed by atoms with E-state index in [9.17, 15) is 10.2 Å². The molecule has 3 fully saturated rings. The SMILES string of the molecule is CCc1noc([C@H]2O[C@@H](n3cnc4c(NCC(c5ccccc5)c5ccccc5)nc(NC5CC6CCC5C6)nc43)[C@H](O)[C@@H]2O)n1.O=CO. The topological polar surface area (TPSA) is 194 Å². The number of ether oxygens (including phenoxy) is 1. The molecule has 2 aliphatic carbocycles. The number of aliphatic hydroxyl groups is 2. The summed E-state index contributed by atoms with van der Waals surface area (Å²) in [5.74, 6) is 3.14. The van der Waals surface area contributed by atoms with Crippen molar-refractivity contribution in [2.24, 2.45) is 11.8 Å². The first kappa shape index (κ1) is 32.6. The second kappa shape index (κ2) is 14.3. The highest BCUT2D eigenvalue weighted by Crippen LogP contribution is 2.46. The third-order valence-electron chi connectivity index (χ3n) is 9.91. The molecule has 3 aliphatic rings. The third-order valence-corrected chi connectivity index (χ3v) is 9.91. The van der Waals surface area contributed by atoms with E-state index in [4.69, 9.17) is 34.1 Å². The summed E-state index contributed by atoms with van der Waals surface area (Å²) in [6.45, 7) is 2.23. The van der Waals surface area contributed by atoms with Gasteiger partial charge >= 0.3 is 0 Å². The Kier molecular flexibility index (Phi) is 9.51. The molecule has 2 bridgehead atoms. The van der Waals surface area contributed by atoms with Crippen molar-refractivity contribution in [3.05, 3.63) is 89.8 Å². The van der Waals surface area contributed by atoms with Gasteiger partial charge in [0.15, 0.2) is 35.1 Å². The van der Waals surface area contributed by atoms with Crippen LogP contribution >= 0.6 is 0 Å². The van der Waals surface area contributed by atoms with Gasteiger partial charge in [-0.25, -0.2) is 4.98 Å². The fraction of sp³-hybridized carbons (Fsp3) is 0.429. The number of aryl methyl sites for hydroxylation is 1. The zero-order valence-electron chi connectivity index (χ0n) is 27.0. The molecule has 3 unspecified atom stereocenters. The summed E-state index contributed by atoms with van der Waals surface area (Å²) in [6.07, 6.45) is 2.48. The molecule has 0 spiro atoms. The molecule has 4 heterocycles. The molecule has 1 aliphatic heterocycles. The van der Waals surface area contributed by atoms with Crippen LogP contribution in [0.5, 0.6) is 0 Å². The van der Waals surface area contributed by atoms with Crippen LogP contribution < -0.4 is 10.6 Å². The van der Waals surface area contributed by atoms with Gasteiger partial charge in [-0.1, -0.05) is 79.2 Å². The first-order valence-electron chi connectivity index (χ1n) is 16.7. The van der Waals surface area contributed by atoms with Gasteiger partial charge in [-0.3, -0.25) is 9.36 Å². The highest BCUT2D eigenvalue weighted by atomic mass is 16.6. The van der Waals surface area contributed by atoms with E-state index >= 15 is 0 Å². The summed E-state index contributed by atoms with van der Waals surface area (Å²) in [5, 5.41) is 40.2. The maximum atomic E-state index is 11.2. The molecule has 0 amide bonds. The Bertz CT molecular complexity index is 1810. The first-order valence-corrected chi connectivity index (χ1v) is 16.7. The number of hydrogen-bond donors (Lipinski definition) is 5. The summed E-state index contributed by atoms with van der Waals surface area (Å²) in [5.41, 5.74) is 3.40. The summed E-state index contributed by atoms with van der Waals surface area (Å²) < 4.78 is 13.2. The van der Waals surface area contributed by atoms with Gasteiger partial charge in [0.25, 0.3) is 12.4 Å². The number of imidazole rings is 1. The summed E-state index contributed by atoms with van der Waals surface area (Å²) in [4.78, 5) is 27.3. The van der Waals surface area contributed by atoms with Gasteiger partial charge in [-0.05, 0) is 42.2 Å². The quantitative estimate of drug-likeness (QED) is 0.132. The number of carbonyl (C=O) groups is 1. The van der Waals surface area contributed by atoms with E-state index in [0.29, 0.717) is 53.7 Å². The fourth-order valence-corrected chi connectivity index (χ4v) is 7.50. The van der Waals surface area contributed by atoms with Crippen molar-refractivity contribution in [3.8, 4) is 0 Å². The highest BCUT2D eigenvalue weighted by molar-refractivity contribution is 5.84. The normalized spacial score (nSPS) is 25.8. The molecule has 5 N–H and O–H groups in total.